The van der Waals surface area contributed by atoms with Gasteiger partial charge in [-0.25, -0.2) is 27.7 Å². The second kappa shape index (κ2) is 6.59. The molecule has 138 valence electrons. The predicted octanol–water partition coefficient (Wildman–Crippen LogP) is 2.73. The molecule has 0 amide bonds. The zero-order valence-corrected chi connectivity index (χ0v) is 15.9. The van der Waals surface area contributed by atoms with Crippen LogP contribution in [-0.2, 0) is 10.0 Å². The quantitative estimate of drug-likeness (QED) is 0.759. The van der Waals surface area contributed by atoms with Crippen LogP contribution < -0.4 is 0 Å². The number of hydrogen-bond acceptors (Lipinski definition) is 5. The van der Waals surface area contributed by atoms with E-state index in [0.29, 0.717) is 25.2 Å². The molecule has 0 spiro atoms. The normalized spacial score (nSPS) is 19.4. The van der Waals surface area contributed by atoms with Gasteiger partial charge in [0.1, 0.15) is 5.82 Å². The number of aromatic nitrogens is 4. The average Bonchev–Trinajstić information content (AvgIpc) is 3.09. The second-order valence-electron chi connectivity index (χ2n) is 6.95. The summed E-state index contributed by atoms with van der Waals surface area (Å²) in [5.74, 6) is 1.13. The van der Waals surface area contributed by atoms with Crippen molar-refractivity contribution in [3.63, 3.8) is 0 Å². The number of nitrogens with one attached hydrogen (secondary N) is 1. The number of hydrogen-bond donors (Lipinski definition) is 1. The summed E-state index contributed by atoms with van der Waals surface area (Å²) in [6.45, 7) is 4.94. The highest BCUT2D eigenvalue weighted by molar-refractivity contribution is 7.89. The molecule has 1 aliphatic rings. The lowest BCUT2D eigenvalue weighted by Gasteiger charge is -2.32. The van der Waals surface area contributed by atoms with Crippen LogP contribution in [0.4, 0.5) is 0 Å². The number of sulfonamides is 1. The van der Waals surface area contributed by atoms with Crippen LogP contribution in [0.2, 0.25) is 0 Å². The van der Waals surface area contributed by atoms with E-state index in [-0.39, 0.29) is 11.7 Å². The summed E-state index contributed by atoms with van der Waals surface area (Å²) in [4.78, 5) is 16.7. The predicted molar refractivity (Wildman–Crippen MR) is 102 cm³/mol. The van der Waals surface area contributed by atoms with Crippen molar-refractivity contribution < 1.29 is 8.42 Å². The highest BCUT2D eigenvalue weighted by Gasteiger charge is 2.30. The molecular weight excluding hydrogens is 350 g/mol. The largest absolute Gasteiger partial charge is 0.347 e. The van der Waals surface area contributed by atoms with Crippen molar-refractivity contribution in [3.8, 4) is 0 Å². The fourth-order valence-corrected chi connectivity index (χ4v) is 5.50. The summed E-state index contributed by atoms with van der Waals surface area (Å²) in [6.07, 6.45) is 5.95. The molecule has 0 aromatic carbocycles. The van der Waals surface area contributed by atoms with Gasteiger partial charge in [0.25, 0.3) is 0 Å². The summed E-state index contributed by atoms with van der Waals surface area (Å²) in [5, 5.41) is 1.98. The minimum Gasteiger partial charge on any atom is -0.347 e. The maximum Gasteiger partial charge on any atom is 0.214 e. The third-order valence-corrected chi connectivity index (χ3v) is 7.08. The number of fused-ring (bicyclic) bond motifs is 3. The molecule has 26 heavy (non-hydrogen) atoms. The monoisotopic (exact) mass is 373 g/mol. The topological polar surface area (TPSA) is 91.8 Å². The molecule has 3 aromatic heterocycles. The number of aromatic amines is 1. The smallest absolute Gasteiger partial charge is 0.214 e. The van der Waals surface area contributed by atoms with Crippen LogP contribution in [0.15, 0.2) is 18.5 Å². The van der Waals surface area contributed by atoms with Crippen LogP contribution in [-0.4, -0.2) is 51.5 Å². The first-order chi connectivity index (χ1) is 12.5. The Morgan fingerprint density at radius 2 is 2.19 bits per heavy atom. The van der Waals surface area contributed by atoms with Gasteiger partial charge in [0.2, 0.25) is 10.0 Å². The Hall–Kier alpha value is -2.06. The van der Waals surface area contributed by atoms with Crippen molar-refractivity contribution in [1.29, 1.82) is 0 Å². The Labute approximate surface area is 152 Å². The summed E-state index contributed by atoms with van der Waals surface area (Å²) < 4.78 is 26.7. The van der Waals surface area contributed by atoms with E-state index in [2.05, 4.69) is 19.9 Å². The van der Waals surface area contributed by atoms with E-state index in [9.17, 15) is 8.42 Å². The summed E-state index contributed by atoms with van der Waals surface area (Å²) >= 11 is 0. The van der Waals surface area contributed by atoms with E-state index in [1.807, 2.05) is 19.9 Å². The number of H-pyrrole nitrogens is 1. The third kappa shape index (κ3) is 2.97. The van der Waals surface area contributed by atoms with Gasteiger partial charge in [0, 0.05) is 41.7 Å². The van der Waals surface area contributed by atoms with Gasteiger partial charge in [-0.1, -0.05) is 6.92 Å². The van der Waals surface area contributed by atoms with Gasteiger partial charge in [0.15, 0.2) is 5.65 Å². The molecule has 1 fully saturated rings. The van der Waals surface area contributed by atoms with Gasteiger partial charge >= 0.3 is 0 Å². The Morgan fingerprint density at radius 1 is 1.35 bits per heavy atom. The van der Waals surface area contributed by atoms with Gasteiger partial charge in [0.05, 0.1) is 17.5 Å². The van der Waals surface area contributed by atoms with E-state index in [0.717, 1.165) is 40.6 Å². The van der Waals surface area contributed by atoms with E-state index < -0.39 is 10.0 Å². The Morgan fingerprint density at radius 3 is 3.00 bits per heavy atom. The van der Waals surface area contributed by atoms with Crippen LogP contribution in [0.5, 0.6) is 0 Å². The Balaban J connectivity index is 1.82. The van der Waals surface area contributed by atoms with Crippen LogP contribution in [0.25, 0.3) is 21.9 Å². The average molecular weight is 373 g/mol. The fraction of sp³-hybridized carbons (Fsp3) is 0.500. The molecule has 0 saturated carbocycles. The second-order valence-corrected chi connectivity index (χ2v) is 9.04. The number of piperidine rings is 1. The van der Waals surface area contributed by atoms with Crippen LogP contribution in [0.1, 0.15) is 43.6 Å². The molecule has 0 aliphatic carbocycles. The molecule has 0 bridgehead atoms. The van der Waals surface area contributed by atoms with Gasteiger partial charge in [-0.05, 0) is 32.3 Å². The third-order valence-electron chi connectivity index (χ3n) is 5.03. The summed E-state index contributed by atoms with van der Waals surface area (Å²) in [7, 11) is -3.19. The number of pyridine rings is 1. The standard InChI is InChI=1S/C18H23N5O2S/c1-3-9-26(24,25)23-8-4-5-13(11-23)17-16-14-6-7-19-18(14)20-10-15(16)21-12(2)22-17/h6-7,10,13H,3-5,8-9,11H2,1-2H3,(H,21,22). The Bertz CT molecular complexity index is 1060. The molecule has 4 heterocycles. The van der Waals surface area contributed by atoms with E-state index in [4.69, 9.17) is 0 Å². The maximum atomic E-state index is 12.5. The van der Waals surface area contributed by atoms with Crippen molar-refractivity contribution in [2.24, 2.45) is 0 Å². The van der Waals surface area contributed by atoms with Crippen LogP contribution >= 0.6 is 0 Å². The lowest BCUT2D eigenvalue weighted by Crippen LogP contribution is -2.40. The Kier molecular flexibility index (Phi) is 4.40. The SMILES string of the molecule is CCCS(=O)(=O)N1CCCC(c2[nH]c(C)nc3cnc4nccc4c23)C1. The molecular formula is C18H23N5O2S. The van der Waals surface area contributed by atoms with Crippen molar-refractivity contribution >= 4 is 32.0 Å². The molecule has 1 atom stereocenters. The van der Waals surface area contributed by atoms with E-state index >= 15 is 0 Å². The molecule has 7 nitrogen and oxygen atoms in total. The van der Waals surface area contributed by atoms with Gasteiger partial charge in [-0.15, -0.1) is 0 Å². The van der Waals surface area contributed by atoms with Crippen molar-refractivity contribution in [3.05, 3.63) is 30.0 Å². The molecule has 1 aliphatic heterocycles. The highest BCUT2D eigenvalue weighted by Crippen LogP contribution is 2.34. The molecule has 1 unspecified atom stereocenters. The fourth-order valence-electron chi connectivity index (χ4n) is 3.91. The minimum atomic E-state index is -3.19. The number of nitrogens with zero attached hydrogens (tertiary/aromatic N) is 4. The minimum absolute atomic E-state index is 0.111. The molecule has 8 heteroatoms. The first-order valence-electron chi connectivity index (χ1n) is 9.07. The van der Waals surface area contributed by atoms with E-state index in [1.165, 1.54) is 0 Å². The van der Waals surface area contributed by atoms with E-state index in [1.54, 1.807) is 16.7 Å². The van der Waals surface area contributed by atoms with Crippen LogP contribution in [0.3, 0.4) is 0 Å². The lowest BCUT2D eigenvalue weighted by atomic mass is 9.92. The lowest BCUT2D eigenvalue weighted by molar-refractivity contribution is 0.313. The first-order valence-corrected chi connectivity index (χ1v) is 10.7. The van der Waals surface area contributed by atoms with Crippen molar-refractivity contribution in [2.45, 2.75) is 39.0 Å². The molecule has 0 radical (unpaired) electrons. The van der Waals surface area contributed by atoms with Gasteiger partial charge in [-0.3, -0.25) is 0 Å². The zero-order chi connectivity index (χ0) is 18.3. The summed E-state index contributed by atoms with van der Waals surface area (Å²) in [5.41, 5.74) is 2.57. The number of aryl methyl sites for hydroxylation is 1. The van der Waals surface area contributed by atoms with Crippen molar-refractivity contribution in [1.82, 2.24) is 24.2 Å². The zero-order valence-electron chi connectivity index (χ0n) is 15.1. The molecule has 3 aromatic rings. The number of rotatable bonds is 4. The first kappa shape index (κ1) is 17.4. The molecule has 4 rings (SSSR count). The highest BCUT2D eigenvalue weighted by atomic mass is 32.2. The van der Waals surface area contributed by atoms with Gasteiger partial charge < -0.3 is 4.98 Å². The van der Waals surface area contributed by atoms with Gasteiger partial charge in [-0.2, -0.15) is 0 Å². The van der Waals surface area contributed by atoms with Crippen molar-refractivity contribution in [2.75, 3.05) is 18.8 Å². The maximum absolute atomic E-state index is 12.5. The van der Waals surface area contributed by atoms with Crippen LogP contribution in [0, 0.1) is 6.92 Å². The molecule has 1 saturated heterocycles. The summed E-state index contributed by atoms with van der Waals surface area (Å²) in [6, 6.07) is 1.95. The molecule has 1 N–H and O–H groups in total.